The summed E-state index contributed by atoms with van der Waals surface area (Å²) < 4.78 is 0. The number of hydrogen-bond acceptors (Lipinski definition) is 0. The van der Waals surface area contributed by atoms with Gasteiger partial charge in [0, 0.05) is 0 Å². The van der Waals surface area contributed by atoms with Crippen molar-refractivity contribution in [2.45, 2.75) is 0 Å². The van der Waals surface area contributed by atoms with E-state index in [4.69, 9.17) is 0 Å². The minimum Gasteiger partial charge on any atom is -0.0622 e. The molecular formula is C58H34. The minimum absolute atomic E-state index is 1.21. The van der Waals surface area contributed by atoms with Crippen molar-refractivity contribution in [2.75, 3.05) is 0 Å². The fraction of sp³-hybridized carbons (Fsp3) is 0. The fourth-order valence-corrected chi connectivity index (χ4v) is 10.4. The average Bonchev–Trinajstić information content (AvgIpc) is 3.29. The Labute approximate surface area is 335 Å². The summed E-state index contributed by atoms with van der Waals surface area (Å²) in [7, 11) is 0. The third-order valence-electron chi connectivity index (χ3n) is 12.9. The first kappa shape index (κ1) is 31.6. The molecule has 0 aliphatic rings. The molecule has 13 aromatic rings. The maximum atomic E-state index is 2.49. The zero-order valence-corrected chi connectivity index (χ0v) is 31.6. The average molecular weight is 731 g/mol. The molecule has 0 bridgehead atoms. The van der Waals surface area contributed by atoms with Gasteiger partial charge < -0.3 is 0 Å². The summed E-state index contributed by atoms with van der Waals surface area (Å²) in [4.78, 5) is 0. The Morgan fingerprint density at radius 1 is 0.190 bits per heavy atom. The molecule has 0 spiro atoms. The Morgan fingerprint density at radius 2 is 0.655 bits per heavy atom. The van der Waals surface area contributed by atoms with E-state index < -0.39 is 0 Å². The maximum Gasteiger partial charge on any atom is -0.00201 e. The standard InChI is InChI=1S/C58H34/c1-2-10-35(11-3-1)51-34-53(46-18-6-7-19-47(46)58(51)50-31-27-41-23-21-37-14-9-16-39-26-30-49(50)57(41)55(37)39)52-33-43(32-42-12-4-5-17-44(42)52)45-28-24-40-22-20-36-13-8-15-38-25-29-48(45)56(40)54(36)38/h1-34H. The van der Waals surface area contributed by atoms with Crippen molar-refractivity contribution in [3.8, 4) is 44.5 Å². The molecule has 13 rings (SSSR count). The van der Waals surface area contributed by atoms with Crippen LogP contribution in [0.1, 0.15) is 0 Å². The van der Waals surface area contributed by atoms with E-state index in [-0.39, 0.29) is 0 Å². The van der Waals surface area contributed by atoms with Crippen LogP contribution in [-0.2, 0) is 0 Å². The molecule has 0 radical (unpaired) electrons. The molecule has 0 nitrogen and oxygen atoms in total. The van der Waals surface area contributed by atoms with Gasteiger partial charge in [0.25, 0.3) is 0 Å². The van der Waals surface area contributed by atoms with Crippen LogP contribution in [-0.4, -0.2) is 0 Å². The van der Waals surface area contributed by atoms with Gasteiger partial charge in [-0.3, -0.25) is 0 Å². The highest BCUT2D eigenvalue weighted by molar-refractivity contribution is 6.28. The first-order valence-electron chi connectivity index (χ1n) is 20.2. The zero-order chi connectivity index (χ0) is 37.9. The smallest absolute Gasteiger partial charge is 0.00201 e. The lowest BCUT2D eigenvalue weighted by Crippen LogP contribution is -1.94. The van der Waals surface area contributed by atoms with Gasteiger partial charge in [-0.05, 0) is 149 Å². The van der Waals surface area contributed by atoms with Crippen molar-refractivity contribution in [1.29, 1.82) is 0 Å². The van der Waals surface area contributed by atoms with Crippen LogP contribution in [0, 0.1) is 0 Å². The summed E-state index contributed by atoms with van der Waals surface area (Å²) in [5.74, 6) is 0. The molecule has 0 unspecified atom stereocenters. The number of benzene rings is 13. The SMILES string of the molecule is c1ccc(-c2cc(-c3cc(-c4ccc5ccc6cccc7ccc4c5c67)cc4ccccc34)c3ccccc3c2-c2ccc3ccc4cccc5ccc2c3c45)cc1. The summed E-state index contributed by atoms with van der Waals surface area (Å²) in [6.45, 7) is 0. The van der Waals surface area contributed by atoms with Gasteiger partial charge in [-0.2, -0.15) is 0 Å². The fourth-order valence-electron chi connectivity index (χ4n) is 10.4. The van der Waals surface area contributed by atoms with E-state index in [0.717, 1.165) is 0 Å². The molecule has 0 amide bonds. The molecule has 0 aliphatic carbocycles. The van der Waals surface area contributed by atoms with E-state index in [1.807, 2.05) is 0 Å². The van der Waals surface area contributed by atoms with Crippen LogP contribution in [0.2, 0.25) is 0 Å². The molecule has 0 heterocycles. The van der Waals surface area contributed by atoms with Crippen molar-refractivity contribution in [3.63, 3.8) is 0 Å². The Hall–Kier alpha value is -7.54. The van der Waals surface area contributed by atoms with Gasteiger partial charge in [0.2, 0.25) is 0 Å². The van der Waals surface area contributed by atoms with Crippen LogP contribution < -0.4 is 0 Å². The Kier molecular flexibility index (Phi) is 6.54. The van der Waals surface area contributed by atoms with Crippen LogP contribution in [0.25, 0.3) is 131 Å². The van der Waals surface area contributed by atoms with Crippen molar-refractivity contribution < 1.29 is 0 Å². The van der Waals surface area contributed by atoms with Gasteiger partial charge in [0.05, 0.1) is 0 Å². The van der Waals surface area contributed by atoms with Crippen LogP contribution in [0.4, 0.5) is 0 Å². The second-order valence-corrected chi connectivity index (χ2v) is 15.9. The van der Waals surface area contributed by atoms with Crippen molar-refractivity contribution in [1.82, 2.24) is 0 Å². The zero-order valence-electron chi connectivity index (χ0n) is 31.6. The van der Waals surface area contributed by atoms with Crippen LogP contribution in [0.15, 0.2) is 206 Å². The third kappa shape index (κ3) is 4.46. The van der Waals surface area contributed by atoms with Crippen molar-refractivity contribution >= 4 is 86.2 Å². The normalized spacial score (nSPS) is 12.1. The summed E-state index contributed by atoms with van der Waals surface area (Å²) in [6, 6.07) is 77.4. The van der Waals surface area contributed by atoms with E-state index in [9.17, 15) is 0 Å². The predicted molar refractivity (Wildman–Crippen MR) is 251 cm³/mol. The number of hydrogen-bond donors (Lipinski definition) is 0. The molecular weight excluding hydrogens is 697 g/mol. The molecule has 0 heteroatoms. The first-order chi connectivity index (χ1) is 28.8. The van der Waals surface area contributed by atoms with Gasteiger partial charge in [0.15, 0.2) is 0 Å². The van der Waals surface area contributed by atoms with Gasteiger partial charge in [0.1, 0.15) is 0 Å². The highest BCUT2D eigenvalue weighted by atomic mass is 14.2. The predicted octanol–water partition coefficient (Wildman–Crippen LogP) is 16.5. The molecule has 266 valence electrons. The topological polar surface area (TPSA) is 0 Å². The molecule has 0 aliphatic heterocycles. The van der Waals surface area contributed by atoms with E-state index in [1.54, 1.807) is 0 Å². The van der Waals surface area contributed by atoms with Crippen molar-refractivity contribution in [2.24, 2.45) is 0 Å². The summed E-state index contributed by atoms with van der Waals surface area (Å²) in [5.41, 5.74) is 9.96. The lowest BCUT2D eigenvalue weighted by Gasteiger charge is -2.22. The third-order valence-corrected chi connectivity index (χ3v) is 12.9. The molecule has 0 fully saturated rings. The molecule has 58 heavy (non-hydrogen) atoms. The highest BCUT2D eigenvalue weighted by Crippen LogP contribution is 2.49. The molecule has 0 atom stereocenters. The summed E-state index contributed by atoms with van der Waals surface area (Å²) >= 11 is 0. The molecule has 0 saturated heterocycles. The second-order valence-electron chi connectivity index (χ2n) is 15.9. The quantitative estimate of drug-likeness (QED) is 0.158. The highest BCUT2D eigenvalue weighted by Gasteiger charge is 2.22. The van der Waals surface area contributed by atoms with Crippen LogP contribution >= 0.6 is 0 Å². The second kappa shape index (κ2) is 12.0. The summed E-state index contributed by atoms with van der Waals surface area (Å²) in [6.07, 6.45) is 0. The van der Waals surface area contributed by atoms with Gasteiger partial charge in [-0.25, -0.2) is 0 Å². The van der Waals surface area contributed by atoms with Gasteiger partial charge in [-0.1, -0.05) is 188 Å². The van der Waals surface area contributed by atoms with Crippen LogP contribution in [0.5, 0.6) is 0 Å². The Bertz CT molecular complexity index is 3740. The largest absolute Gasteiger partial charge is 0.0622 e. The molecule has 0 saturated carbocycles. The van der Waals surface area contributed by atoms with E-state index in [0.29, 0.717) is 0 Å². The Morgan fingerprint density at radius 3 is 1.31 bits per heavy atom. The van der Waals surface area contributed by atoms with Gasteiger partial charge in [-0.15, -0.1) is 0 Å². The van der Waals surface area contributed by atoms with Gasteiger partial charge >= 0.3 is 0 Å². The summed E-state index contributed by atoms with van der Waals surface area (Å²) in [5, 5.41) is 20.7. The molecule has 0 aromatic heterocycles. The van der Waals surface area contributed by atoms with E-state index in [1.165, 1.54) is 131 Å². The lowest BCUT2D eigenvalue weighted by atomic mass is 9.81. The molecule has 0 N–H and O–H groups in total. The number of fused-ring (bicyclic) bond motifs is 2. The number of rotatable bonds is 4. The Balaban J connectivity index is 1.13. The van der Waals surface area contributed by atoms with E-state index in [2.05, 4.69) is 206 Å². The minimum atomic E-state index is 1.21. The van der Waals surface area contributed by atoms with Crippen LogP contribution in [0.3, 0.4) is 0 Å². The van der Waals surface area contributed by atoms with E-state index >= 15 is 0 Å². The molecule has 13 aromatic carbocycles. The lowest BCUT2D eigenvalue weighted by molar-refractivity contribution is 1.61. The van der Waals surface area contributed by atoms with Crippen molar-refractivity contribution in [3.05, 3.63) is 206 Å². The first-order valence-corrected chi connectivity index (χ1v) is 20.2. The maximum absolute atomic E-state index is 2.49. The monoisotopic (exact) mass is 730 g/mol.